The van der Waals surface area contributed by atoms with Gasteiger partial charge in [-0.3, -0.25) is 4.90 Å². The second-order valence-electron chi connectivity index (χ2n) is 5.87. The van der Waals surface area contributed by atoms with Crippen LogP contribution in [-0.4, -0.2) is 42.1 Å². The first-order valence-corrected chi connectivity index (χ1v) is 7.36. The van der Waals surface area contributed by atoms with E-state index in [0.29, 0.717) is 31.6 Å². The molecule has 0 aromatic carbocycles. The summed E-state index contributed by atoms with van der Waals surface area (Å²) >= 11 is 0. The zero-order valence-electron chi connectivity index (χ0n) is 12.0. The minimum atomic E-state index is -4.42. The minimum Gasteiger partial charge on any atom is -0.338 e. The van der Waals surface area contributed by atoms with E-state index in [9.17, 15) is 22.0 Å². The molecular formula is C14H18F5N3. The van der Waals surface area contributed by atoms with Gasteiger partial charge in [0.15, 0.2) is 0 Å². The number of fused-ring (bicyclic) bond motifs is 2. The Bertz CT molecular complexity index is 531. The molecule has 0 radical (unpaired) electrons. The monoisotopic (exact) mass is 323 g/mol. The van der Waals surface area contributed by atoms with Crippen molar-refractivity contribution >= 4 is 0 Å². The zero-order valence-corrected chi connectivity index (χ0v) is 12.0. The van der Waals surface area contributed by atoms with Crippen LogP contribution in [0.5, 0.6) is 0 Å². The Kier molecular flexibility index (Phi) is 3.92. The van der Waals surface area contributed by atoms with Crippen LogP contribution in [-0.2, 0) is 18.3 Å². The third kappa shape index (κ3) is 2.52. The fourth-order valence-electron chi connectivity index (χ4n) is 3.80. The summed E-state index contributed by atoms with van der Waals surface area (Å²) in [5, 5.41) is 3.15. The first-order valence-electron chi connectivity index (χ1n) is 7.36. The first-order chi connectivity index (χ1) is 10.3. The molecule has 0 atom stereocenters. The Hall–Kier alpha value is -1.15. The normalized spacial score (nSPS) is 22.3. The second-order valence-corrected chi connectivity index (χ2v) is 5.87. The van der Waals surface area contributed by atoms with Gasteiger partial charge in [-0.2, -0.15) is 13.2 Å². The Balaban J connectivity index is 2.04. The molecule has 1 fully saturated rings. The van der Waals surface area contributed by atoms with Crippen LogP contribution in [0.4, 0.5) is 22.0 Å². The number of aromatic nitrogens is 1. The molecule has 0 aliphatic carbocycles. The summed E-state index contributed by atoms with van der Waals surface area (Å²) in [5.74, 6) is 0. The van der Waals surface area contributed by atoms with Gasteiger partial charge in [0.1, 0.15) is 5.69 Å². The van der Waals surface area contributed by atoms with E-state index in [0.717, 1.165) is 6.07 Å². The largest absolute Gasteiger partial charge is 0.431 e. The third-order valence-electron chi connectivity index (χ3n) is 4.74. The van der Waals surface area contributed by atoms with E-state index in [1.807, 2.05) is 0 Å². The molecule has 22 heavy (non-hydrogen) atoms. The fraction of sp³-hybridized carbons (Fsp3) is 0.714. The Morgan fingerprint density at radius 3 is 2.41 bits per heavy atom. The van der Waals surface area contributed by atoms with Gasteiger partial charge in [-0.05, 0) is 38.1 Å². The Labute approximate surface area is 125 Å². The van der Waals surface area contributed by atoms with Crippen molar-refractivity contribution < 1.29 is 22.0 Å². The number of alkyl halides is 5. The van der Waals surface area contributed by atoms with Crippen molar-refractivity contribution in [3.63, 3.8) is 0 Å². The van der Waals surface area contributed by atoms with Crippen LogP contribution in [0.15, 0.2) is 12.1 Å². The number of halogens is 5. The lowest BCUT2D eigenvalue weighted by Gasteiger charge is -2.50. The van der Waals surface area contributed by atoms with Gasteiger partial charge in [0.25, 0.3) is 6.43 Å². The molecule has 3 heterocycles. The van der Waals surface area contributed by atoms with Crippen LogP contribution in [0.3, 0.4) is 0 Å². The summed E-state index contributed by atoms with van der Waals surface area (Å²) in [5.41, 5.74) is -0.881. The smallest absolute Gasteiger partial charge is 0.338 e. The van der Waals surface area contributed by atoms with E-state index in [1.165, 1.54) is 10.6 Å². The average Bonchev–Trinajstić information content (AvgIpc) is 2.88. The van der Waals surface area contributed by atoms with Crippen molar-refractivity contribution in [2.75, 3.05) is 26.2 Å². The van der Waals surface area contributed by atoms with E-state index in [-0.39, 0.29) is 13.1 Å². The summed E-state index contributed by atoms with van der Waals surface area (Å²) in [6, 6.07) is 2.54. The molecule has 8 heteroatoms. The lowest BCUT2D eigenvalue weighted by Crippen LogP contribution is -2.58. The summed E-state index contributed by atoms with van der Waals surface area (Å²) in [4.78, 5) is 1.67. The quantitative estimate of drug-likeness (QED) is 0.845. The number of nitrogens with one attached hydrogen (secondary N) is 1. The van der Waals surface area contributed by atoms with Crippen molar-refractivity contribution in [2.24, 2.45) is 0 Å². The lowest BCUT2D eigenvalue weighted by atomic mass is 9.81. The van der Waals surface area contributed by atoms with E-state index < -0.39 is 30.4 Å². The SMILES string of the molecule is FC(F)CN1CCn2c(C(F)(F)F)ccc2C12CCNCC2. The van der Waals surface area contributed by atoms with Crippen LogP contribution < -0.4 is 5.32 Å². The van der Waals surface area contributed by atoms with Crippen molar-refractivity contribution in [1.82, 2.24) is 14.8 Å². The highest BCUT2D eigenvalue weighted by molar-refractivity contribution is 5.28. The van der Waals surface area contributed by atoms with Crippen molar-refractivity contribution in [3.8, 4) is 0 Å². The molecule has 3 nitrogen and oxygen atoms in total. The van der Waals surface area contributed by atoms with Gasteiger partial charge in [0, 0.05) is 18.8 Å². The van der Waals surface area contributed by atoms with Crippen LogP contribution in [0.25, 0.3) is 0 Å². The predicted octanol–water partition coefficient (Wildman–Crippen LogP) is 2.67. The van der Waals surface area contributed by atoms with Gasteiger partial charge < -0.3 is 9.88 Å². The molecule has 3 rings (SSSR count). The van der Waals surface area contributed by atoms with Crippen molar-refractivity contribution in [2.45, 2.75) is 37.5 Å². The highest BCUT2D eigenvalue weighted by atomic mass is 19.4. The van der Waals surface area contributed by atoms with Crippen LogP contribution >= 0.6 is 0 Å². The fourth-order valence-corrected chi connectivity index (χ4v) is 3.80. The molecule has 1 spiro atoms. The molecule has 1 aromatic rings. The summed E-state index contributed by atoms with van der Waals surface area (Å²) in [6.07, 6.45) is -5.82. The Morgan fingerprint density at radius 1 is 1.14 bits per heavy atom. The van der Waals surface area contributed by atoms with Gasteiger partial charge in [-0.25, -0.2) is 8.78 Å². The molecule has 0 bridgehead atoms. The van der Waals surface area contributed by atoms with Crippen molar-refractivity contribution in [1.29, 1.82) is 0 Å². The second kappa shape index (κ2) is 5.49. The van der Waals surface area contributed by atoms with Gasteiger partial charge in [-0.1, -0.05) is 0 Å². The van der Waals surface area contributed by atoms with Gasteiger partial charge in [0.05, 0.1) is 12.1 Å². The average molecular weight is 323 g/mol. The molecule has 0 saturated carbocycles. The number of rotatable bonds is 2. The highest BCUT2D eigenvalue weighted by Crippen LogP contribution is 2.43. The maximum Gasteiger partial charge on any atom is 0.431 e. The van der Waals surface area contributed by atoms with E-state index in [4.69, 9.17) is 0 Å². The molecule has 0 unspecified atom stereocenters. The highest BCUT2D eigenvalue weighted by Gasteiger charge is 2.47. The molecule has 1 aromatic heterocycles. The molecule has 124 valence electrons. The number of hydrogen-bond donors (Lipinski definition) is 1. The van der Waals surface area contributed by atoms with E-state index in [2.05, 4.69) is 5.32 Å². The van der Waals surface area contributed by atoms with Crippen molar-refractivity contribution in [3.05, 3.63) is 23.5 Å². The topological polar surface area (TPSA) is 20.2 Å². The molecule has 0 amide bonds. The van der Waals surface area contributed by atoms with Gasteiger partial charge in [0.2, 0.25) is 0 Å². The molecule has 2 aliphatic heterocycles. The predicted molar refractivity (Wildman–Crippen MR) is 70.8 cm³/mol. The molecule has 1 saturated heterocycles. The molecular weight excluding hydrogens is 305 g/mol. The number of hydrogen-bond acceptors (Lipinski definition) is 2. The molecule has 2 aliphatic rings. The van der Waals surface area contributed by atoms with Crippen LogP contribution in [0.1, 0.15) is 24.2 Å². The standard InChI is InChI=1S/C14H18F5N3/c15-12(16)9-21-7-8-22-10(1-2-11(22)14(17,18)19)13(21)3-5-20-6-4-13/h1-2,12,20H,3-9H2. The first kappa shape index (κ1) is 15.7. The van der Waals surface area contributed by atoms with E-state index >= 15 is 0 Å². The third-order valence-corrected chi connectivity index (χ3v) is 4.74. The minimum absolute atomic E-state index is 0.0963. The lowest BCUT2D eigenvalue weighted by molar-refractivity contribution is -0.145. The van der Waals surface area contributed by atoms with Crippen LogP contribution in [0.2, 0.25) is 0 Å². The number of piperidine rings is 1. The van der Waals surface area contributed by atoms with Crippen LogP contribution in [0, 0.1) is 0 Å². The summed E-state index contributed by atoms with van der Waals surface area (Å²) < 4.78 is 66.4. The Morgan fingerprint density at radius 2 is 1.82 bits per heavy atom. The maximum atomic E-state index is 13.1. The molecule has 1 N–H and O–H groups in total. The maximum absolute atomic E-state index is 13.1. The summed E-state index contributed by atoms with van der Waals surface area (Å²) in [6.45, 7) is 1.15. The number of nitrogens with zero attached hydrogens (tertiary/aromatic N) is 2. The zero-order chi connectivity index (χ0) is 16.0. The van der Waals surface area contributed by atoms with Gasteiger partial charge in [-0.15, -0.1) is 0 Å². The summed E-state index contributed by atoms with van der Waals surface area (Å²) in [7, 11) is 0. The van der Waals surface area contributed by atoms with E-state index in [1.54, 1.807) is 4.90 Å². The van der Waals surface area contributed by atoms with Gasteiger partial charge >= 0.3 is 6.18 Å².